The van der Waals surface area contributed by atoms with Gasteiger partial charge < -0.3 is 14.8 Å². The Morgan fingerprint density at radius 2 is 2.12 bits per heavy atom. The van der Waals surface area contributed by atoms with Crippen molar-refractivity contribution in [3.05, 3.63) is 29.8 Å². The standard InChI is InChI=1S/C18H25N3O4/c1-13(2)18(23)21-20-10-14-5-7-15(8-6-14)25-12-17(22)19-11-16-4-3-9-24-16/h5-8,10,13,16H,3-4,9,11-12H2,1-2H3,(H,19,22)(H,21,23)/b20-10+/t16-/m0/s1. The largest absolute Gasteiger partial charge is 0.484 e. The number of rotatable bonds is 8. The van der Waals surface area contributed by atoms with Gasteiger partial charge in [-0.15, -0.1) is 0 Å². The molecule has 1 heterocycles. The van der Waals surface area contributed by atoms with Crippen molar-refractivity contribution in [1.82, 2.24) is 10.7 Å². The summed E-state index contributed by atoms with van der Waals surface area (Å²) in [5.74, 6) is 0.178. The number of nitrogens with one attached hydrogen (secondary N) is 2. The molecule has 7 nitrogen and oxygen atoms in total. The molecule has 1 atom stereocenters. The minimum Gasteiger partial charge on any atom is -0.484 e. The highest BCUT2D eigenvalue weighted by molar-refractivity contribution is 5.83. The minimum atomic E-state index is -0.169. The Morgan fingerprint density at radius 3 is 2.76 bits per heavy atom. The summed E-state index contributed by atoms with van der Waals surface area (Å²) in [5, 5.41) is 6.69. The number of nitrogens with zero attached hydrogens (tertiary/aromatic N) is 1. The second-order valence-corrected chi connectivity index (χ2v) is 6.19. The van der Waals surface area contributed by atoms with E-state index in [2.05, 4.69) is 15.8 Å². The SMILES string of the molecule is CC(C)C(=O)N/N=C/c1ccc(OCC(=O)NC[C@@H]2CCCO2)cc1. The van der Waals surface area contributed by atoms with Crippen LogP contribution in [-0.2, 0) is 14.3 Å². The first kappa shape index (κ1) is 18.9. The molecule has 1 aliphatic rings. The van der Waals surface area contributed by atoms with E-state index in [0.717, 1.165) is 25.0 Å². The van der Waals surface area contributed by atoms with Gasteiger partial charge in [-0.2, -0.15) is 5.10 Å². The molecule has 0 spiro atoms. The van der Waals surface area contributed by atoms with Gasteiger partial charge in [0.1, 0.15) is 5.75 Å². The lowest BCUT2D eigenvalue weighted by molar-refractivity contribution is -0.124. The van der Waals surface area contributed by atoms with E-state index < -0.39 is 0 Å². The fourth-order valence-corrected chi connectivity index (χ4v) is 2.18. The molecule has 1 aliphatic heterocycles. The van der Waals surface area contributed by atoms with E-state index in [0.29, 0.717) is 12.3 Å². The van der Waals surface area contributed by atoms with Crippen LogP contribution in [0, 0.1) is 5.92 Å². The van der Waals surface area contributed by atoms with Gasteiger partial charge in [0.15, 0.2) is 6.61 Å². The van der Waals surface area contributed by atoms with Crippen molar-refractivity contribution in [3.8, 4) is 5.75 Å². The number of hydrazone groups is 1. The number of hydrogen-bond acceptors (Lipinski definition) is 5. The molecule has 7 heteroatoms. The summed E-state index contributed by atoms with van der Waals surface area (Å²) in [6.45, 7) is 4.86. The fraction of sp³-hybridized carbons (Fsp3) is 0.500. The van der Waals surface area contributed by atoms with Crippen LogP contribution < -0.4 is 15.5 Å². The molecule has 2 amide bonds. The van der Waals surface area contributed by atoms with Crippen molar-refractivity contribution < 1.29 is 19.1 Å². The van der Waals surface area contributed by atoms with Crippen molar-refractivity contribution >= 4 is 18.0 Å². The maximum atomic E-state index is 11.7. The summed E-state index contributed by atoms with van der Waals surface area (Å²) in [4.78, 5) is 23.1. The molecule has 136 valence electrons. The highest BCUT2D eigenvalue weighted by atomic mass is 16.5. The molecule has 1 aromatic rings. The first-order valence-electron chi connectivity index (χ1n) is 8.48. The number of ether oxygens (including phenoxy) is 2. The third-order valence-corrected chi connectivity index (χ3v) is 3.71. The molecule has 0 aromatic heterocycles. The van der Waals surface area contributed by atoms with E-state index in [1.165, 1.54) is 0 Å². The molecule has 0 saturated carbocycles. The molecule has 1 fully saturated rings. The van der Waals surface area contributed by atoms with E-state index in [9.17, 15) is 9.59 Å². The van der Waals surface area contributed by atoms with Crippen molar-refractivity contribution in [2.75, 3.05) is 19.8 Å². The van der Waals surface area contributed by atoms with Crippen LogP contribution in [0.25, 0.3) is 0 Å². The summed E-state index contributed by atoms with van der Waals surface area (Å²) < 4.78 is 10.9. The van der Waals surface area contributed by atoms with Gasteiger partial charge in [0.25, 0.3) is 5.91 Å². The Bertz CT molecular complexity index is 593. The van der Waals surface area contributed by atoms with Crippen molar-refractivity contribution in [3.63, 3.8) is 0 Å². The Hall–Kier alpha value is -2.41. The van der Waals surface area contributed by atoms with Crippen LogP contribution in [0.4, 0.5) is 0 Å². The minimum absolute atomic E-state index is 0.0371. The van der Waals surface area contributed by atoms with Crippen molar-refractivity contribution in [2.45, 2.75) is 32.8 Å². The van der Waals surface area contributed by atoms with E-state index in [1.54, 1.807) is 44.3 Å². The quantitative estimate of drug-likeness (QED) is 0.550. The van der Waals surface area contributed by atoms with E-state index in [1.807, 2.05) is 0 Å². The molecule has 1 saturated heterocycles. The van der Waals surface area contributed by atoms with Crippen LogP contribution in [0.5, 0.6) is 5.75 Å². The molecule has 1 aromatic carbocycles. The molecule has 0 aliphatic carbocycles. The highest BCUT2D eigenvalue weighted by Crippen LogP contribution is 2.12. The molecular weight excluding hydrogens is 322 g/mol. The third-order valence-electron chi connectivity index (χ3n) is 3.71. The van der Waals surface area contributed by atoms with Gasteiger partial charge in [-0.25, -0.2) is 5.43 Å². The average molecular weight is 347 g/mol. The Balaban J connectivity index is 1.69. The highest BCUT2D eigenvalue weighted by Gasteiger charge is 2.16. The lowest BCUT2D eigenvalue weighted by Crippen LogP contribution is -2.35. The molecule has 0 radical (unpaired) electrons. The smallest absolute Gasteiger partial charge is 0.258 e. The maximum Gasteiger partial charge on any atom is 0.258 e. The van der Waals surface area contributed by atoms with Gasteiger partial charge in [-0.1, -0.05) is 13.8 Å². The zero-order chi connectivity index (χ0) is 18.1. The zero-order valence-corrected chi connectivity index (χ0v) is 14.7. The lowest BCUT2D eigenvalue weighted by Gasteiger charge is -2.11. The van der Waals surface area contributed by atoms with Crippen LogP contribution in [0.15, 0.2) is 29.4 Å². The number of benzene rings is 1. The van der Waals surface area contributed by atoms with Gasteiger partial charge >= 0.3 is 0 Å². The summed E-state index contributed by atoms with van der Waals surface area (Å²) in [7, 11) is 0. The van der Waals surface area contributed by atoms with Crippen LogP contribution in [0.3, 0.4) is 0 Å². The summed E-state index contributed by atoms with van der Waals surface area (Å²) in [5.41, 5.74) is 3.28. The van der Waals surface area contributed by atoms with Crippen molar-refractivity contribution in [1.29, 1.82) is 0 Å². The monoisotopic (exact) mass is 347 g/mol. The van der Waals surface area contributed by atoms with E-state index in [4.69, 9.17) is 9.47 Å². The van der Waals surface area contributed by atoms with Crippen LogP contribution >= 0.6 is 0 Å². The molecule has 0 bridgehead atoms. The zero-order valence-electron chi connectivity index (χ0n) is 14.7. The molecular formula is C18H25N3O4. The lowest BCUT2D eigenvalue weighted by atomic mass is 10.2. The normalized spacial score (nSPS) is 17.0. The predicted octanol–water partition coefficient (Wildman–Crippen LogP) is 1.47. The molecule has 2 N–H and O–H groups in total. The Morgan fingerprint density at radius 1 is 1.36 bits per heavy atom. The fourth-order valence-electron chi connectivity index (χ4n) is 2.18. The predicted molar refractivity (Wildman–Crippen MR) is 94.5 cm³/mol. The topological polar surface area (TPSA) is 89.0 Å². The first-order chi connectivity index (χ1) is 12.0. The van der Waals surface area contributed by atoms with E-state index in [-0.39, 0.29) is 30.4 Å². The number of carbonyl (C=O) groups excluding carboxylic acids is 2. The summed E-state index contributed by atoms with van der Waals surface area (Å²) >= 11 is 0. The van der Waals surface area contributed by atoms with Gasteiger partial charge in [0, 0.05) is 19.1 Å². The van der Waals surface area contributed by atoms with Gasteiger partial charge in [-0.3, -0.25) is 9.59 Å². The number of amides is 2. The average Bonchev–Trinajstić information content (AvgIpc) is 3.12. The second-order valence-electron chi connectivity index (χ2n) is 6.19. The van der Waals surface area contributed by atoms with Gasteiger partial charge in [-0.05, 0) is 42.7 Å². The summed E-state index contributed by atoms with van der Waals surface area (Å²) in [6.07, 6.45) is 3.72. The second kappa shape index (κ2) is 9.78. The maximum absolute atomic E-state index is 11.7. The summed E-state index contributed by atoms with van der Waals surface area (Å²) in [6, 6.07) is 7.09. The van der Waals surface area contributed by atoms with Crippen molar-refractivity contribution in [2.24, 2.45) is 11.0 Å². The van der Waals surface area contributed by atoms with E-state index >= 15 is 0 Å². The molecule has 2 rings (SSSR count). The number of hydrogen-bond donors (Lipinski definition) is 2. The van der Waals surface area contributed by atoms with Crippen LogP contribution in [0.2, 0.25) is 0 Å². The third kappa shape index (κ3) is 6.93. The molecule has 0 unspecified atom stereocenters. The van der Waals surface area contributed by atoms with Gasteiger partial charge in [0.2, 0.25) is 5.91 Å². The first-order valence-corrected chi connectivity index (χ1v) is 8.48. The number of carbonyl (C=O) groups is 2. The van der Waals surface area contributed by atoms with Gasteiger partial charge in [0.05, 0.1) is 12.3 Å². The Labute approximate surface area is 147 Å². The Kier molecular flexibility index (Phi) is 7.40. The molecule has 25 heavy (non-hydrogen) atoms. The van der Waals surface area contributed by atoms with Crippen LogP contribution in [-0.4, -0.2) is 43.9 Å². The van der Waals surface area contributed by atoms with Crippen LogP contribution in [0.1, 0.15) is 32.3 Å².